The van der Waals surface area contributed by atoms with Gasteiger partial charge in [0, 0.05) is 25.3 Å². The summed E-state index contributed by atoms with van der Waals surface area (Å²) in [6.45, 7) is 0.438. The van der Waals surface area contributed by atoms with E-state index in [9.17, 15) is 14.7 Å². The molecule has 0 aliphatic carbocycles. The minimum Gasteiger partial charge on any atom is -0.481 e. The van der Waals surface area contributed by atoms with Crippen molar-refractivity contribution in [1.29, 1.82) is 0 Å². The molecule has 0 spiro atoms. The number of hydrogen-bond donors (Lipinski definition) is 1. The second-order valence-electron chi connectivity index (χ2n) is 5.85. The number of hydrogen-bond acceptors (Lipinski definition) is 3. The van der Waals surface area contributed by atoms with Gasteiger partial charge in [0.05, 0.1) is 18.2 Å². The SMILES string of the molecule is CN(Cc1ccccn1)C(=O)N1C2CCC1C(C(=O)O)C2. The summed E-state index contributed by atoms with van der Waals surface area (Å²) in [4.78, 5) is 31.5. The van der Waals surface area contributed by atoms with E-state index in [0.29, 0.717) is 13.0 Å². The highest BCUT2D eigenvalue weighted by Gasteiger charge is 2.51. The summed E-state index contributed by atoms with van der Waals surface area (Å²) in [5.74, 6) is -1.19. The van der Waals surface area contributed by atoms with Crippen molar-refractivity contribution >= 4 is 12.0 Å². The molecule has 2 bridgehead atoms. The zero-order chi connectivity index (χ0) is 15.0. The van der Waals surface area contributed by atoms with Gasteiger partial charge in [-0.1, -0.05) is 6.07 Å². The van der Waals surface area contributed by atoms with Crippen molar-refractivity contribution in [3.05, 3.63) is 30.1 Å². The molecule has 1 aromatic heterocycles. The molecule has 1 aromatic rings. The van der Waals surface area contributed by atoms with Crippen LogP contribution in [0.15, 0.2) is 24.4 Å². The highest BCUT2D eigenvalue weighted by Crippen LogP contribution is 2.42. The number of pyridine rings is 1. The number of urea groups is 1. The van der Waals surface area contributed by atoms with Crippen LogP contribution >= 0.6 is 0 Å². The van der Waals surface area contributed by atoms with Crippen molar-refractivity contribution in [3.63, 3.8) is 0 Å². The third-order valence-corrected chi connectivity index (χ3v) is 4.53. The van der Waals surface area contributed by atoms with Gasteiger partial charge in [-0.3, -0.25) is 9.78 Å². The highest BCUT2D eigenvalue weighted by atomic mass is 16.4. The molecule has 3 atom stereocenters. The predicted molar refractivity (Wildman–Crippen MR) is 75.5 cm³/mol. The second-order valence-corrected chi connectivity index (χ2v) is 5.85. The van der Waals surface area contributed by atoms with Crippen LogP contribution in [-0.2, 0) is 11.3 Å². The topological polar surface area (TPSA) is 73.7 Å². The summed E-state index contributed by atoms with van der Waals surface area (Å²) in [6, 6.07) is 5.45. The van der Waals surface area contributed by atoms with Crippen LogP contribution in [0.1, 0.15) is 25.0 Å². The lowest BCUT2D eigenvalue weighted by Gasteiger charge is -2.28. The van der Waals surface area contributed by atoms with E-state index < -0.39 is 11.9 Å². The Morgan fingerprint density at radius 3 is 2.86 bits per heavy atom. The first-order valence-corrected chi connectivity index (χ1v) is 7.24. The van der Waals surface area contributed by atoms with Crippen LogP contribution in [0, 0.1) is 5.92 Å². The van der Waals surface area contributed by atoms with E-state index in [1.54, 1.807) is 23.0 Å². The van der Waals surface area contributed by atoms with Gasteiger partial charge in [-0.2, -0.15) is 0 Å². The van der Waals surface area contributed by atoms with Crippen LogP contribution in [0.5, 0.6) is 0 Å². The van der Waals surface area contributed by atoms with Gasteiger partial charge in [-0.15, -0.1) is 0 Å². The van der Waals surface area contributed by atoms with Gasteiger partial charge in [0.1, 0.15) is 0 Å². The standard InChI is InChI=1S/C15H19N3O3/c1-17(9-10-4-2-3-7-16-10)15(21)18-11-5-6-13(18)12(8-11)14(19)20/h2-4,7,11-13H,5-6,8-9H2,1H3,(H,19,20). The Hall–Kier alpha value is -2.11. The number of rotatable bonds is 3. The predicted octanol–water partition coefficient (Wildman–Crippen LogP) is 1.57. The van der Waals surface area contributed by atoms with Gasteiger partial charge >= 0.3 is 12.0 Å². The van der Waals surface area contributed by atoms with Crippen molar-refractivity contribution in [1.82, 2.24) is 14.8 Å². The van der Waals surface area contributed by atoms with Gasteiger partial charge < -0.3 is 14.9 Å². The lowest BCUT2D eigenvalue weighted by Crippen LogP contribution is -2.44. The number of amides is 2. The highest BCUT2D eigenvalue weighted by molar-refractivity contribution is 5.79. The number of carboxylic acid groups (broad SMARTS) is 1. The lowest BCUT2D eigenvalue weighted by molar-refractivity contribution is -0.142. The number of carboxylic acids is 1. The Bertz CT molecular complexity index is 548. The van der Waals surface area contributed by atoms with Gasteiger partial charge in [0.25, 0.3) is 0 Å². The van der Waals surface area contributed by atoms with Gasteiger partial charge in [-0.05, 0) is 31.4 Å². The van der Waals surface area contributed by atoms with Crippen molar-refractivity contribution < 1.29 is 14.7 Å². The number of aliphatic carboxylic acids is 1. The fourth-order valence-electron chi connectivity index (χ4n) is 3.55. The van der Waals surface area contributed by atoms with Crippen LogP contribution < -0.4 is 0 Å². The van der Waals surface area contributed by atoms with E-state index in [1.807, 2.05) is 18.2 Å². The Morgan fingerprint density at radius 2 is 2.24 bits per heavy atom. The maximum absolute atomic E-state index is 12.6. The molecule has 3 heterocycles. The van der Waals surface area contributed by atoms with E-state index in [1.165, 1.54) is 0 Å². The van der Waals surface area contributed by atoms with Crippen molar-refractivity contribution in [3.8, 4) is 0 Å². The molecule has 2 saturated heterocycles. The molecule has 2 amide bonds. The van der Waals surface area contributed by atoms with Crippen LogP contribution in [0.25, 0.3) is 0 Å². The van der Waals surface area contributed by atoms with Crippen LogP contribution in [-0.4, -0.2) is 51.0 Å². The Labute approximate surface area is 123 Å². The smallest absolute Gasteiger partial charge is 0.320 e. The average Bonchev–Trinajstić information content (AvgIpc) is 3.05. The normalized spacial score (nSPS) is 26.9. The molecule has 0 aromatic carbocycles. The number of carbonyl (C=O) groups excluding carboxylic acids is 1. The van der Waals surface area contributed by atoms with Crippen molar-refractivity contribution in [2.45, 2.75) is 37.9 Å². The molecule has 3 unspecified atom stereocenters. The molecule has 3 rings (SSSR count). The number of fused-ring (bicyclic) bond motifs is 2. The average molecular weight is 289 g/mol. The second kappa shape index (κ2) is 5.35. The molecule has 2 aliphatic rings. The largest absolute Gasteiger partial charge is 0.481 e. The number of aromatic nitrogens is 1. The maximum atomic E-state index is 12.6. The summed E-state index contributed by atoms with van der Waals surface area (Å²) >= 11 is 0. The number of carbonyl (C=O) groups is 2. The third kappa shape index (κ3) is 2.46. The summed E-state index contributed by atoms with van der Waals surface area (Å²) in [6.07, 6.45) is 4.00. The zero-order valence-electron chi connectivity index (χ0n) is 12.0. The van der Waals surface area contributed by atoms with Crippen molar-refractivity contribution in [2.24, 2.45) is 5.92 Å². The quantitative estimate of drug-likeness (QED) is 0.916. The van der Waals surface area contributed by atoms with Crippen LogP contribution in [0.2, 0.25) is 0 Å². The van der Waals surface area contributed by atoms with E-state index >= 15 is 0 Å². The monoisotopic (exact) mass is 289 g/mol. The number of nitrogens with zero attached hydrogens (tertiary/aromatic N) is 3. The Kier molecular flexibility index (Phi) is 3.53. The van der Waals surface area contributed by atoms with E-state index in [0.717, 1.165) is 18.5 Å². The lowest BCUT2D eigenvalue weighted by atomic mass is 9.89. The molecule has 6 nitrogen and oxygen atoms in total. The summed E-state index contributed by atoms with van der Waals surface area (Å²) in [7, 11) is 1.74. The first kappa shape index (κ1) is 13.9. The van der Waals surface area contributed by atoms with Crippen LogP contribution in [0.4, 0.5) is 4.79 Å². The fraction of sp³-hybridized carbons (Fsp3) is 0.533. The van der Waals surface area contributed by atoms with Crippen molar-refractivity contribution in [2.75, 3.05) is 7.05 Å². The summed E-state index contributed by atoms with van der Waals surface area (Å²) in [5.41, 5.74) is 0.828. The Morgan fingerprint density at radius 1 is 1.43 bits per heavy atom. The Balaban J connectivity index is 1.69. The van der Waals surface area contributed by atoms with Crippen LogP contribution in [0.3, 0.4) is 0 Å². The minimum atomic E-state index is -0.785. The van der Waals surface area contributed by atoms with Gasteiger partial charge in [0.15, 0.2) is 0 Å². The van der Waals surface area contributed by atoms with Gasteiger partial charge in [-0.25, -0.2) is 4.79 Å². The third-order valence-electron chi connectivity index (χ3n) is 4.53. The van der Waals surface area contributed by atoms with Gasteiger partial charge in [0.2, 0.25) is 0 Å². The molecule has 21 heavy (non-hydrogen) atoms. The molecule has 0 saturated carbocycles. The first-order chi connectivity index (χ1) is 10.1. The van der Waals surface area contributed by atoms with E-state index in [2.05, 4.69) is 4.98 Å². The van der Waals surface area contributed by atoms with E-state index in [4.69, 9.17) is 0 Å². The first-order valence-electron chi connectivity index (χ1n) is 7.24. The molecular weight excluding hydrogens is 270 g/mol. The molecule has 6 heteroatoms. The molecule has 2 fully saturated rings. The summed E-state index contributed by atoms with van der Waals surface area (Å²) < 4.78 is 0. The summed E-state index contributed by atoms with van der Waals surface area (Å²) in [5, 5.41) is 9.25. The molecule has 2 aliphatic heterocycles. The molecular formula is C15H19N3O3. The zero-order valence-corrected chi connectivity index (χ0v) is 12.0. The molecule has 0 radical (unpaired) electrons. The fourth-order valence-corrected chi connectivity index (χ4v) is 3.55. The molecule has 1 N–H and O–H groups in total. The minimum absolute atomic E-state index is 0.0785. The maximum Gasteiger partial charge on any atom is 0.320 e. The van der Waals surface area contributed by atoms with E-state index in [-0.39, 0.29) is 18.1 Å². The molecule has 112 valence electrons.